The van der Waals surface area contributed by atoms with Gasteiger partial charge in [-0.3, -0.25) is 9.78 Å². The number of halogens is 1. The first-order valence-electron chi connectivity index (χ1n) is 4.29. The molecule has 1 atom stereocenters. The lowest BCUT2D eigenvalue weighted by atomic mass is 10.2. The van der Waals surface area contributed by atoms with E-state index in [0.717, 1.165) is 18.5 Å². The summed E-state index contributed by atoms with van der Waals surface area (Å²) in [5, 5.41) is 19.2. The van der Waals surface area contributed by atoms with Gasteiger partial charge in [-0.15, -0.1) is 0 Å². The van der Waals surface area contributed by atoms with Gasteiger partial charge in [-0.1, -0.05) is 0 Å². The van der Waals surface area contributed by atoms with Crippen molar-refractivity contribution in [2.75, 3.05) is 6.61 Å². The van der Waals surface area contributed by atoms with Crippen molar-refractivity contribution in [3.05, 3.63) is 29.8 Å². The molecule has 0 bridgehead atoms. The zero-order chi connectivity index (χ0) is 12.1. The number of amides is 1. The molecule has 0 aliphatic heterocycles. The maximum Gasteiger partial charge on any atom is 0.328 e. The average molecular weight is 228 g/mol. The molecule has 1 amide bonds. The van der Waals surface area contributed by atoms with Gasteiger partial charge in [0.25, 0.3) is 5.91 Å². The summed E-state index contributed by atoms with van der Waals surface area (Å²) < 4.78 is 12.7. The number of hydrogen-bond donors (Lipinski definition) is 3. The summed E-state index contributed by atoms with van der Waals surface area (Å²) in [6, 6.07) is -0.505. The van der Waals surface area contributed by atoms with Gasteiger partial charge in [0.05, 0.1) is 18.4 Å². The first-order valence-corrected chi connectivity index (χ1v) is 4.29. The quantitative estimate of drug-likeness (QED) is 0.638. The minimum Gasteiger partial charge on any atom is -0.480 e. The predicted octanol–water partition coefficient (Wildman–Crippen LogP) is -0.604. The maximum atomic E-state index is 12.7. The van der Waals surface area contributed by atoms with Gasteiger partial charge in [0.1, 0.15) is 5.82 Å². The molecule has 0 fully saturated rings. The maximum absolute atomic E-state index is 12.7. The van der Waals surface area contributed by atoms with Crippen molar-refractivity contribution < 1.29 is 24.2 Å². The van der Waals surface area contributed by atoms with E-state index in [1.54, 1.807) is 0 Å². The van der Waals surface area contributed by atoms with Crippen LogP contribution in [0.4, 0.5) is 4.39 Å². The monoisotopic (exact) mass is 228 g/mol. The topological polar surface area (TPSA) is 99.5 Å². The van der Waals surface area contributed by atoms with Crippen molar-refractivity contribution in [1.29, 1.82) is 0 Å². The van der Waals surface area contributed by atoms with Gasteiger partial charge in [-0.05, 0) is 6.07 Å². The molecule has 0 aromatic carbocycles. The van der Waals surface area contributed by atoms with Crippen LogP contribution in [0.5, 0.6) is 0 Å². The number of rotatable bonds is 4. The number of carboxylic acids is 1. The zero-order valence-electron chi connectivity index (χ0n) is 8.05. The molecule has 1 aromatic heterocycles. The number of pyridine rings is 1. The van der Waals surface area contributed by atoms with Gasteiger partial charge in [0, 0.05) is 6.20 Å². The predicted molar refractivity (Wildman–Crippen MR) is 50.2 cm³/mol. The van der Waals surface area contributed by atoms with E-state index in [9.17, 15) is 14.0 Å². The highest BCUT2D eigenvalue weighted by Crippen LogP contribution is 2.01. The van der Waals surface area contributed by atoms with Gasteiger partial charge < -0.3 is 15.5 Å². The van der Waals surface area contributed by atoms with Crippen molar-refractivity contribution in [3.63, 3.8) is 0 Å². The first-order chi connectivity index (χ1) is 7.54. The second kappa shape index (κ2) is 5.17. The van der Waals surface area contributed by atoms with Gasteiger partial charge >= 0.3 is 5.97 Å². The number of nitrogens with zero attached hydrogens (tertiary/aromatic N) is 1. The number of aliphatic hydroxyl groups excluding tert-OH is 1. The molecule has 0 aliphatic rings. The summed E-state index contributed by atoms with van der Waals surface area (Å²) in [6.45, 7) is -0.746. The number of aliphatic hydroxyl groups is 1. The van der Waals surface area contributed by atoms with Crippen molar-refractivity contribution in [3.8, 4) is 0 Å². The molecule has 0 saturated carbocycles. The molecule has 16 heavy (non-hydrogen) atoms. The van der Waals surface area contributed by atoms with Crippen LogP contribution in [0.3, 0.4) is 0 Å². The number of nitrogens with one attached hydrogen (secondary N) is 1. The average Bonchev–Trinajstić information content (AvgIpc) is 2.25. The van der Waals surface area contributed by atoms with Crippen LogP contribution in [0.2, 0.25) is 0 Å². The Balaban J connectivity index is 2.75. The third-order valence-electron chi connectivity index (χ3n) is 1.75. The molecule has 1 heterocycles. The van der Waals surface area contributed by atoms with Crippen molar-refractivity contribution >= 4 is 11.9 Å². The normalized spacial score (nSPS) is 11.9. The molecular weight excluding hydrogens is 219 g/mol. The molecule has 86 valence electrons. The number of carbonyl (C=O) groups is 2. The number of hydrogen-bond acceptors (Lipinski definition) is 4. The van der Waals surface area contributed by atoms with E-state index < -0.39 is 30.3 Å². The lowest BCUT2D eigenvalue weighted by molar-refractivity contribution is -0.140. The van der Waals surface area contributed by atoms with E-state index in [1.165, 1.54) is 0 Å². The molecule has 0 radical (unpaired) electrons. The Morgan fingerprint density at radius 1 is 1.50 bits per heavy atom. The number of aromatic nitrogens is 1. The van der Waals surface area contributed by atoms with E-state index in [1.807, 2.05) is 5.32 Å². The molecule has 0 aliphatic carbocycles. The highest BCUT2D eigenvalue weighted by atomic mass is 19.1. The zero-order valence-corrected chi connectivity index (χ0v) is 8.05. The van der Waals surface area contributed by atoms with Crippen LogP contribution in [-0.2, 0) is 4.79 Å². The summed E-state index contributed by atoms with van der Waals surface area (Å²) >= 11 is 0. The molecule has 0 unspecified atom stereocenters. The summed E-state index contributed by atoms with van der Waals surface area (Å²) in [7, 11) is 0. The van der Waals surface area contributed by atoms with Gasteiger partial charge in [-0.2, -0.15) is 0 Å². The second-order valence-corrected chi connectivity index (χ2v) is 2.94. The Morgan fingerprint density at radius 2 is 2.19 bits per heavy atom. The van der Waals surface area contributed by atoms with Crippen molar-refractivity contribution in [2.24, 2.45) is 0 Å². The van der Waals surface area contributed by atoms with E-state index in [2.05, 4.69) is 4.98 Å². The van der Waals surface area contributed by atoms with Crippen LogP contribution in [0.25, 0.3) is 0 Å². The van der Waals surface area contributed by atoms with Gasteiger partial charge in [0.2, 0.25) is 0 Å². The molecule has 6 nitrogen and oxygen atoms in total. The molecular formula is C9H9FN2O4. The Kier molecular flexibility index (Phi) is 3.90. The lowest BCUT2D eigenvalue weighted by Crippen LogP contribution is -2.43. The number of carboxylic acid groups (broad SMARTS) is 1. The lowest BCUT2D eigenvalue weighted by Gasteiger charge is -2.11. The summed E-state index contributed by atoms with van der Waals surface area (Å²) in [4.78, 5) is 25.3. The van der Waals surface area contributed by atoms with Crippen LogP contribution < -0.4 is 5.32 Å². The molecule has 0 saturated heterocycles. The fourth-order valence-corrected chi connectivity index (χ4v) is 0.963. The standard InChI is InChI=1S/C9H9FN2O4/c10-6-1-5(2-11-3-6)8(14)12-7(4-13)9(15)16/h1-3,7,13H,4H2,(H,12,14)(H,15,16)/t7-/m0/s1. The van der Waals surface area contributed by atoms with Crippen molar-refractivity contribution in [2.45, 2.75) is 6.04 Å². The Hall–Kier alpha value is -2.02. The largest absolute Gasteiger partial charge is 0.480 e. The molecule has 3 N–H and O–H groups in total. The van der Waals surface area contributed by atoms with Crippen LogP contribution in [0.1, 0.15) is 10.4 Å². The highest BCUT2D eigenvalue weighted by Gasteiger charge is 2.19. The smallest absolute Gasteiger partial charge is 0.328 e. The molecule has 7 heteroatoms. The Bertz CT molecular complexity index is 410. The first kappa shape index (κ1) is 12.1. The minimum absolute atomic E-state index is 0.111. The van der Waals surface area contributed by atoms with E-state index in [4.69, 9.17) is 10.2 Å². The van der Waals surface area contributed by atoms with Crippen LogP contribution >= 0.6 is 0 Å². The van der Waals surface area contributed by atoms with E-state index >= 15 is 0 Å². The second-order valence-electron chi connectivity index (χ2n) is 2.94. The van der Waals surface area contributed by atoms with Gasteiger partial charge in [-0.25, -0.2) is 9.18 Å². The summed E-state index contributed by atoms with van der Waals surface area (Å²) in [5.74, 6) is -2.89. The van der Waals surface area contributed by atoms with Crippen LogP contribution in [0, 0.1) is 5.82 Å². The third-order valence-corrected chi connectivity index (χ3v) is 1.75. The fourth-order valence-electron chi connectivity index (χ4n) is 0.963. The summed E-state index contributed by atoms with van der Waals surface area (Å²) in [5.41, 5.74) is -0.111. The third kappa shape index (κ3) is 2.99. The van der Waals surface area contributed by atoms with Gasteiger partial charge in [0.15, 0.2) is 6.04 Å². The van der Waals surface area contributed by atoms with Crippen LogP contribution in [0.15, 0.2) is 18.5 Å². The van der Waals surface area contributed by atoms with Crippen molar-refractivity contribution in [1.82, 2.24) is 10.3 Å². The van der Waals surface area contributed by atoms with Crippen LogP contribution in [-0.4, -0.2) is 39.7 Å². The molecule has 1 aromatic rings. The fraction of sp³-hybridized carbons (Fsp3) is 0.222. The minimum atomic E-state index is -1.42. The SMILES string of the molecule is O=C(N[C@@H](CO)C(=O)O)c1cncc(F)c1. The van der Waals surface area contributed by atoms with E-state index in [-0.39, 0.29) is 5.56 Å². The highest BCUT2D eigenvalue weighted by molar-refractivity contribution is 5.96. The molecule has 1 rings (SSSR count). The number of aliphatic carboxylic acids is 1. The summed E-state index contributed by atoms with van der Waals surface area (Å²) in [6.07, 6.45) is 2.01. The molecule has 0 spiro atoms. The Labute approximate surface area is 89.7 Å². The number of carbonyl (C=O) groups excluding carboxylic acids is 1. The van der Waals surface area contributed by atoms with E-state index in [0.29, 0.717) is 0 Å². The Morgan fingerprint density at radius 3 is 2.69 bits per heavy atom.